The lowest BCUT2D eigenvalue weighted by atomic mass is 10.3. The summed E-state index contributed by atoms with van der Waals surface area (Å²) in [6.45, 7) is 3.55. The number of amides is 1. The smallest absolute Gasteiger partial charge is 0.243 e. The highest BCUT2D eigenvalue weighted by Gasteiger charge is 2.09. The first-order chi connectivity index (χ1) is 6.09. The van der Waals surface area contributed by atoms with Crippen molar-refractivity contribution in [2.75, 3.05) is 5.32 Å². The van der Waals surface area contributed by atoms with E-state index in [4.69, 9.17) is 11.6 Å². The molecule has 0 aliphatic rings. The van der Waals surface area contributed by atoms with Crippen molar-refractivity contribution >= 4 is 23.3 Å². The molecule has 0 fully saturated rings. The molecular weight excluding hydrogens is 188 g/mol. The molecule has 1 unspecified atom stereocenters. The summed E-state index contributed by atoms with van der Waals surface area (Å²) in [7, 11) is 0. The molecule has 70 valence electrons. The van der Waals surface area contributed by atoms with Crippen LogP contribution in [0.15, 0.2) is 18.3 Å². The average molecular weight is 199 g/mol. The molecule has 1 amide bonds. The molecule has 0 saturated heterocycles. The van der Waals surface area contributed by atoms with Gasteiger partial charge in [-0.3, -0.25) is 4.79 Å². The van der Waals surface area contributed by atoms with Gasteiger partial charge in [0.15, 0.2) is 0 Å². The summed E-state index contributed by atoms with van der Waals surface area (Å²) in [5, 5.41) is 2.06. The minimum Gasteiger partial charge on any atom is -0.309 e. The van der Waals surface area contributed by atoms with E-state index in [-0.39, 0.29) is 5.91 Å². The number of anilines is 1. The van der Waals surface area contributed by atoms with E-state index in [1.165, 1.54) is 0 Å². The molecule has 1 atom stereocenters. The lowest BCUT2D eigenvalue weighted by Gasteiger charge is -2.05. The zero-order valence-electron chi connectivity index (χ0n) is 7.54. The summed E-state index contributed by atoms with van der Waals surface area (Å²) in [6, 6.07) is 3.65. The van der Waals surface area contributed by atoms with Crippen LogP contribution in [0.2, 0.25) is 0 Å². The van der Waals surface area contributed by atoms with Gasteiger partial charge in [0.2, 0.25) is 5.91 Å². The Morgan fingerprint density at radius 1 is 1.69 bits per heavy atom. The van der Waals surface area contributed by atoms with Crippen LogP contribution < -0.4 is 5.32 Å². The van der Waals surface area contributed by atoms with Crippen LogP contribution in [0.4, 0.5) is 5.82 Å². The van der Waals surface area contributed by atoms with Crippen LogP contribution in [0.1, 0.15) is 12.5 Å². The maximum Gasteiger partial charge on any atom is 0.243 e. The molecule has 1 N–H and O–H groups in total. The van der Waals surface area contributed by atoms with Crippen LogP contribution >= 0.6 is 11.6 Å². The maximum absolute atomic E-state index is 11.1. The number of halogens is 1. The summed E-state index contributed by atoms with van der Waals surface area (Å²) in [4.78, 5) is 15.1. The van der Waals surface area contributed by atoms with Crippen LogP contribution in [0.3, 0.4) is 0 Å². The molecule has 4 heteroatoms. The Bertz CT molecular complexity index is 312. The van der Waals surface area contributed by atoms with E-state index in [1.54, 1.807) is 19.2 Å². The molecule has 0 saturated carbocycles. The SMILES string of the molecule is Cc1ccnc(NC(=O)C(C)Cl)c1. The predicted molar refractivity (Wildman–Crippen MR) is 52.9 cm³/mol. The molecule has 0 bridgehead atoms. The molecular formula is C9H11ClN2O. The van der Waals surface area contributed by atoms with Crippen LogP contribution in [0.25, 0.3) is 0 Å². The Morgan fingerprint density at radius 3 is 2.92 bits per heavy atom. The highest BCUT2D eigenvalue weighted by molar-refractivity contribution is 6.32. The second kappa shape index (κ2) is 4.23. The lowest BCUT2D eigenvalue weighted by molar-refractivity contribution is -0.115. The number of nitrogens with zero attached hydrogens (tertiary/aromatic N) is 1. The third kappa shape index (κ3) is 3.03. The highest BCUT2D eigenvalue weighted by Crippen LogP contribution is 2.06. The van der Waals surface area contributed by atoms with Crippen molar-refractivity contribution in [1.82, 2.24) is 4.98 Å². The summed E-state index contributed by atoms with van der Waals surface area (Å²) >= 11 is 5.58. The first-order valence-corrected chi connectivity index (χ1v) is 4.41. The van der Waals surface area contributed by atoms with Crippen LogP contribution in [0.5, 0.6) is 0 Å². The molecule has 0 radical (unpaired) electrons. The summed E-state index contributed by atoms with van der Waals surface area (Å²) in [6.07, 6.45) is 1.64. The number of carbonyl (C=O) groups excluding carboxylic acids is 1. The monoisotopic (exact) mass is 198 g/mol. The highest BCUT2D eigenvalue weighted by atomic mass is 35.5. The number of pyridine rings is 1. The van der Waals surface area contributed by atoms with Crippen molar-refractivity contribution in [2.45, 2.75) is 19.2 Å². The van der Waals surface area contributed by atoms with Crippen molar-refractivity contribution in [1.29, 1.82) is 0 Å². The topological polar surface area (TPSA) is 42.0 Å². The van der Waals surface area contributed by atoms with Gasteiger partial charge in [0.05, 0.1) is 0 Å². The predicted octanol–water partition coefficient (Wildman–Crippen LogP) is 1.96. The number of nitrogens with one attached hydrogen (secondary N) is 1. The lowest BCUT2D eigenvalue weighted by Crippen LogP contribution is -2.20. The van der Waals surface area contributed by atoms with E-state index in [2.05, 4.69) is 10.3 Å². The molecule has 0 aliphatic carbocycles. The third-order valence-electron chi connectivity index (χ3n) is 1.53. The fourth-order valence-electron chi connectivity index (χ4n) is 0.830. The maximum atomic E-state index is 11.1. The number of aryl methyl sites for hydroxylation is 1. The Morgan fingerprint density at radius 2 is 2.38 bits per heavy atom. The number of hydrogen-bond donors (Lipinski definition) is 1. The summed E-state index contributed by atoms with van der Waals surface area (Å²) in [5.74, 6) is 0.303. The zero-order valence-corrected chi connectivity index (χ0v) is 8.30. The Kier molecular flexibility index (Phi) is 3.25. The van der Waals surface area contributed by atoms with Gasteiger partial charge in [-0.1, -0.05) is 0 Å². The van der Waals surface area contributed by atoms with E-state index in [9.17, 15) is 4.79 Å². The van der Waals surface area contributed by atoms with E-state index < -0.39 is 5.38 Å². The molecule has 0 spiro atoms. The van der Waals surface area contributed by atoms with E-state index >= 15 is 0 Å². The Labute approximate surface area is 82.1 Å². The van der Waals surface area contributed by atoms with Crippen LogP contribution in [-0.2, 0) is 4.79 Å². The molecule has 1 aromatic heterocycles. The number of rotatable bonds is 2. The van der Waals surface area contributed by atoms with Crippen LogP contribution in [0, 0.1) is 6.92 Å². The molecule has 1 heterocycles. The number of hydrogen-bond acceptors (Lipinski definition) is 2. The first kappa shape index (κ1) is 9.99. The Hall–Kier alpha value is -1.09. The fraction of sp³-hybridized carbons (Fsp3) is 0.333. The van der Waals surface area contributed by atoms with Crippen molar-refractivity contribution in [3.05, 3.63) is 23.9 Å². The van der Waals surface area contributed by atoms with Gasteiger partial charge in [-0.25, -0.2) is 4.98 Å². The van der Waals surface area contributed by atoms with Gasteiger partial charge in [-0.15, -0.1) is 11.6 Å². The quantitative estimate of drug-likeness (QED) is 0.739. The van der Waals surface area contributed by atoms with Crippen molar-refractivity contribution < 1.29 is 4.79 Å². The van der Waals surface area contributed by atoms with Crippen molar-refractivity contribution in [3.8, 4) is 0 Å². The third-order valence-corrected chi connectivity index (χ3v) is 1.73. The average Bonchev–Trinajstić information content (AvgIpc) is 2.04. The van der Waals surface area contributed by atoms with Gasteiger partial charge < -0.3 is 5.32 Å². The molecule has 0 aromatic carbocycles. The molecule has 1 rings (SSSR count). The normalized spacial score (nSPS) is 12.2. The minimum absolute atomic E-state index is 0.236. The fourth-order valence-corrected chi connectivity index (χ4v) is 0.885. The molecule has 0 aliphatic heterocycles. The van der Waals surface area contributed by atoms with Gasteiger partial charge in [0.25, 0.3) is 0 Å². The summed E-state index contributed by atoms with van der Waals surface area (Å²) < 4.78 is 0. The number of alkyl halides is 1. The van der Waals surface area contributed by atoms with Crippen LogP contribution in [-0.4, -0.2) is 16.3 Å². The minimum atomic E-state index is -0.540. The van der Waals surface area contributed by atoms with Gasteiger partial charge in [0.1, 0.15) is 11.2 Å². The van der Waals surface area contributed by atoms with E-state index in [0.29, 0.717) is 5.82 Å². The van der Waals surface area contributed by atoms with Gasteiger partial charge >= 0.3 is 0 Å². The molecule has 3 nitrogen and oxygen atoms in total. The van der Waals surface area contributed by atoms with Crippen molar-refractivity contribution in [2.24, 2.45) is 0 Å². The molecule has 13 heavy (non-hydrogen) atoms. The summed E-state index contributed by atoms with van der Waals surface area (Å²) in [5.41, 5.74) is 1.05. The number of carbonyl (C=O) groups is 1. The largest absolute Gasteiger partial charge is 0.309 e. The second-order valence-corrected chi connectivity index (χ2v) is 3.48. The van der Waals surface area contributed by atoms with Gasteiger partial charge in [-0.2, -0.15) is 0 Å². The Balaban J connectivity index is 2.69. The van der Waals surface area contributed by atoms with Crippen molar-refractivity contribution in [3.63, 3.8) is 0 Å². The van der Waals surface area contributed by atoms with E-state index in [0.717, 1.165) is 5.56 Å². The first-order valence-electron chi connectivity index (χ1n) is 3.97. The second-order valence-electron chi connectivity index (χ2n) is 2.82. The standard InChI is InChI=1S/C9H11ClN2O/c1-6-3-4-11-8(5-6)12-9(13)7(2)10/h3-5,7H,1-2H3,(H,11,12,13). The van der Waals surface area contributed by atoms with Gasteiger partial charge in [0, 0.05) is 6.20 Å². The zero-order chi connectivity index (χ0) is 9.84. The number of aromatic nitrogens is 1. The molecule has 1 aromatic rings. The van der Waals surface area contributed by atoms with E-state index in [1.807, 2.05) is 13.0 Å². The van der Waals surface area contributed by atoms with Gasteiger partial charge in [-0.05, 0) is 31.5 Å².